The summed E-state index contributed by atoms with van der Waals surface area (Å²) in [7, 11) is 0. The molecule has 0 saturated heterocycles. The average molecular weight is 252 g/mol. The van der Waals surface area contributed by atoms with E-state index in [4.69, 9.17) is 9.84 Å². The Bertz CT molecular complexity index is 420. The van der Waals surface area contributed by atoms with Gasteiger partial charge in [0, 0.05) is 19.2 Å². The van der Waals surface area contributed by atoms with E-state index >= 15 is 0 Å². The lowest BCUT2D eigenvalue weighted by atomic mass is 10.2. The van der Waals surface area contributed by atoms with Crippen molar-refractivity contribution in [2.45, 2.75) is 19.8 Å². The van der Waals surface area contributed by atoms with Crippen LogP contribution in [0.3, 0.4) is 0 Å². The van der Waals surface area contributed by atoms with Crippen LogP contribution in [0, 0.1) is 0 Å². The summed E-state index contributed by atoms with van der Waals surface area (Å²) >= 11 is 0. The molecule has 0 radical (unpaired) electrons. The Morgan fingerprint density at radius 2 is 2.22 bits per heavy atom. The molecule has 0 bridgehead atoms. The summed E-state index contributed by atoms with van der Waals surface area (Å²) in [6, 6.07) is 1.33. The van der Waals surface area contributed by atoms with E-state index < -0.39 is 0 Å². The highest BCUT2D eigenvalue weighted by molar-refractivity contribution is 5.94. The van der Waals surface area contributed by atoms with E-state index in [1.807, 2.05) is 0 Å². The van der Waals surface area contributed by atoms with Gasteiger partial charge in [0.25, 0.3) is 5.91 Å². The van der Waals surface area contributed by atoms with Crippen molar-refractivity contribution in [2.24, 2.45) is 0 Å². The molecule has 1 aromatic heterocycles. The van der Waals surface area contributed by atoms with Gasteiger partial charge in [-0.3, -0.25) is 14.6 Å². The zero-order valence-electron chi connectivity index (χ0n) is 10.2. The number of aromatic hydroxyl groups is 1. The predicted octanol–water partition coefficient (Wildman–Crippen LogP) is 0.860. The van der Waals surface area contributed by atoms with Gasteiger partial charge in [0.15, 0.2) is 0 Å². The summed E-state index contributed by atoms with van der Waals surface area (Å²) in [5, 5.41) is 11.8. The van der Waals surface area contributed by atoms with Crippen LogP contribution in [-0.2, 0) is 9.53 Å². The molecule has 0 aliphatic rings. The molecular formula is C12H16N2O4. The van der Waals surface area contributed by atoms with Crippen molar-refractivity contribution >= 4 is 11.9 Å². The number of amides is 1. The summed E-state index contributed by atoms with van der Waals surface area (Å²) < 4.78 is 4.75. The van der Waals surface area contributed by atoms with Crippen LogP contribution in [-0.4, -0.2) is 35.1 Å². The smallest absolute Gasteiger partial charge is 0.305 e. The van der Waals surface area contributed by atoms with E-state index in [2.05, 4.69) is 10.3 Å². The van der Waals surface area contributed by atoms with Crippen molar-refractivity contribution in [1.29, 1.82) is 0 Å². The fourth-order valence-electron chi connectivity index (χ4n) is 1.32. The van der Waals surface area contributed by atoms with Crippen molar-refractivity contribution in [3.8, 4) is 5.75 Å². The predicted molar refractivity (Wildman–Crippen MR) is 64.1 cm³/mol. The summed E-state index contributed by atoms with van der Waals surface area (Å²) in [6.45, 7) is 2.47. The third-order valence-corrected chi connectivity index (χ3v) is 2.13. The summed E-state index contributed by atoms with van der Waals surface area (Å²) in [6.07, 6.45) is 3.39. The van der Waals surface area contributed by atoms with Gasteiger partial charge in [0.2, 0.25) is 0 Å². The fraction of sp³-hybridized carbons (Fsp3) is 0.417. The van der Waals surface area contributed by atoms with Gasteiger partial charge < -0.3 is 15.2 Å². The van der Waals surface area contributed by atoms with Crippen molar-refractivity contribution in [3.63, 3.8) is 0 Å². The second kappa shape index (κ2) is 7.26. The van der Waals surface area contributed by atoms with Gasteiger partial charge >= 0.3 is 5.97 Å². The minimum atomic E-state index is -0.331. The van der Waals surface area contributed by atoms with Gasteiger partial charge in [-0.1, -0.05) is 0 Å². The number of esters is 1. The standard InChI is InChI=1S/C12H16N2O4/c1-2-18-11(16)4-3-5-14-12(17)9-6-10(15)8-13-7-9/h6-8,15H,2-5H2,1H3,(H,14,17). The Balaban J connectivity index is 2.27. The molecule has 98 valence electrons. The van der Waals surface area contributed by atoms with Crippen molar-refractivity contribution in [2.75, 3.05) is 13.2 Å². The van der Waals surface area contributed by atoms with Gasteiger partial charge in [-0.15, -0.1) is 0 Å². The van der Waals surface area contributed by atoms with E-state index in [0.29, 0.717) is 19.6 Å². The number of hydrogen-bond acceptors (Lipinski definition) is 5. The van der Waals surface area contributed by atoms with E-state index in [-0.39, 0.29) is 29.6 Å². The van der Waals surface area contributed by atoms with Crippen molar-refractivity contribution in [3.05, 3.63) is 24.0 Å². The quantitative estimate of drug-likeness (QED) is 0.579. The molecule has 18 heavy (non-hydrogen) atoms. The molecule has 6 heteroatoms. The molecule has 1 aromatic rings. The first-order chi connectivity index (χ1) is 8.63. The second-order valence-corrected chi connectivity index (χ2v) is 3.60. The molecule has 1 rings (SSSR count). The van der Waals surface area contributed by atoms with Gasteiger partial charge in [-0.05, 0) is 19.4 Å². The molecule has 6 nitrogen and oxygen atoms in total. The normalized spacial score (nSPS) is 9.83. The minimum Gasteiger partial charge on any atom is -0.506 e. The van der Waals surface area contributed by atoms with Crippen LogP contribution in [0.4, 0.5) is 0 Å². The van der Waals surface area contributed by atoms with E-state index in [0.717, 1.165) is 0 Å². The van der Waals surface area contributed by atoms with Gasteiger partial charge in [0.1, 0.15) is 5.75 Å². The summed E-state index contributed by atoms with van der Waals surface area (Å²) in [5.41, 5.74) is 0.283. The Morgan fingerprint density at radius 1 is 1.44 bits per heavy atom. The number of rotatable bonds is 6. The third-order valence-electron chi connectivity index (χ3n) is 2.13. The van der Waals surface area contributed by atoms with Crippen LogP contribution < -0.4 is 5.32 Å². The van der Waals surface area contributed by atoms with Crippen molar-refractivity contribution < 1.29 is 19.4 Å². The van der Waals surface area contributed by atoms with Crippen LogP contribution in [0.25, 0.3) is 0 Å². The third kappa shape index (κ3) is 4.82. The fourth-order valence-corrected chi connectivity index (χ4v) is 1.32. The van der Waals surface area contributed by atoms with Crippen molar-refractivity contribution in [1.82, 2.24) is 10.3 Å². The number of ether oxygens (including phenoxy) is 1. The molecule has 1 amide bonds. The Hall–Kier alpha value is -2.11. The molecule has 0 unspecified atom stereocenters. The molecule has 0 fully saturated rings. The lowest BCUT2D eigenvalue weighted by Crippen LogP contribution is -2.25. The molecule has 0 saturated carbocycles. The molecule has 0 atom stereocenters. The molecule has 0 aliphatic carbocycles. The van der Waals surface area contributed by atoms with Crippen LogP contribution >= 0.6 is 0 Å². The van der Waals surface area contributed by atoms with Gasteiger partial charge in [-0.2, -0.15) is 0 Å². The Kier molecular flexibility index (Phi) is 5.63. The topological polar surface area (TPSA) is 88.5 Å². The van der Waals surface area contributed by atoms with Crippen LogP contribution in [0.15, 0.2) is 18.5 Å². The monoisotopic (exact) mass is 252 g/mol. The number of hydrogen-bond donors (Lipinski definition) is 2. The number of nitrogens with zero attached hydrogens (tertiary/aromatic N) is 1. The maximum atomic E-state index is 11.6. The maximum Gasteiger partial charge on any atom is 0.305 e. The molecule has 0 aromatic carbocycles. The second-order valence-electron chi connectivity index (χ2n) is 3.60. The lowest BCUT2D eigenvalue weighted by Gasteiger charge is -2.05. The zero-order valence-corrected chi connectivity index (χ0v) is 10.2. The first-order valence-corrected chi connectivity index (χ1v) is 5.71. The highest BCUT2D eigenvalue weighted by Gasteiger charge is 2.07. The first-order valence-electron chi connectivity index (χ1n) is 5.71. The molecule has 1 heterocycles. The lowest BCUT2D eigenvalue weighted by molar-refractivity contribution is -0.143. The van der Waals surface area contributed by atoms with Crippen LogP contribution in [0.2, 0.25) is 0 Å². The number of pyridine rings is 1. The summed E-state index contributed by atoms with van der Waals surface area (Å²) in [5.74, 6) is -0.665. The maximum absolute atomic E-state index is 11.6. The van der Waals surface area contributed by atoms with Crippen LogP contribution in [0.1, 0.15) is 30.1 Å². The highest BCUT2D eigenvalue weighted by Crippen LogP contribution is 2.08. The van der Waals surface area contributed by atoms with Gasteiger partial charge in [0.05, 0.1) is 18.4 Å². The van der Waals surface area contributed by atoms with E-state index in [1.165, 1.54) is 18.5 Å². The Morgan fingerprint density at radius 3 is 2.89 bits per heavy atom. The first kappa shape index (κ1) is 14.0. The van der Waals surface area contributed by atoms with Crippen LogP contribution in [0.5, 0.6) is 5.75 Å². The summed E-state index contributed by atoms with van der Waals surface area (Å²) in [4.78, 5) is 26.3. The number of carbonyl (C=O) groups is 2. The molecule has 0 spiro atoms. The number of nitrogens with one attached hydrogen (secondary N) is 1. The highest BCUT2D eigenvalue weighted by atomic mass is 16.5. The number of aromatic nitrogens is 1. The largest absolute Gasteiger partial charge is 0.506 e. The molecular weight excluding hydrogens is 236 g/mol. The molecule has 2 N–H and O–H groups in total. The number of carbonyl (C=O) groups excluding carboxylic acids is 2. The SMILES string of the molecule is CCOC(=O)CCCNC(=O)c1cncc(O)c1. The van der Waals surface area contributed by atoms with Gasteiger partial charge in [-0.25, -0.2) is 0 Å². The Labute approximate surface area is 105 Å². The zero-order chi connectivity index (χ0) is 13.4. The molecule has 0 aliphatic heterocycles. The minimum absolute atomic E-state index is 0.0610. The average Bonchev–Trinajstić information content (AvgIpc) is 2.35. The van der Waals surface area contributed by atoms with E-state index in [9.17, 15) is 9.59 Å². The van der Waals surface area contributed by atoms with E-state index in [1.54, 1.807) is 6.92 Å².